The van der Waals surface area contributed by atoms with Crippen LogP contribution >= 0.6 is 23.2 Å². The van der Waals surface area contributed by atoms with E-state index in [1.165, 1.54) is 6.33 Å². The zero-order valence-electron chi connectivity index (χ0n) is 16.2. The first-order chi connectivity index (χ1) is 14.4. The molecule has 30 heavy (non-hydrogen) atoms. The van der Waals surface area contributed by atoms with Gasteiger partial charge < -0.3 is 9.64 Å². The Labute approximate surface area is 183 Å². The summed E-state index contributed by atoms with van der Waals surface area (Å²) < 4.78 is 29.6. The average molecular weight is 453 g/mol. The Balaban J connectivity index is 1.73. The van der Waals surface area contributed by atoms with Crippen molar-refractivity contribution in [1.29, 1.82) is 0 Å². The zero-order valence-corrected chi connectivity index (χ0v) is 17.7. The molecule has 0 bridgehead atoms. The van der Waals surface area contributed by atoms with E-state index >= 15 is 0 Å². The molecule has 0 aliphatic carbocycles. The van der Waals surface area contributed by atoms with Crippen molar-refractivity contribution in [1.82, 2.24) is 15.0 Å². The minimum Gasteiger partial charge on any atom is -0.488 e. The number of hydrogen-bond acceptors (Lipinski definition) is 5. The highest BCUT2D eigenvalue weighted by Crippen LogP contribution is 2.27. The topological polar surface area (TPSA) is 51.1 Å². The predicted octanol–water partition coefficient (Wildman–Crippen LogP) is 5.38. The van der Waals surface area contributed by atoms with Crippen LogP contribution < -0.4 is 9.64 Å². The second kappa shape index (κ2) is 10.5. The predicted molar refractivity (Wildman–Crippen MR) is 114 cm³/mol. The number of alkyl halides is 2. The van der Waals surface area contributed by atoms with Gasteiger partial charge in [0.1, 0.15) is 28.9 Å². The van der Waals surface area contributed by atoms with Crippen LogP contribution in [0.25, 0.3) is 0 Å². The van der Waals surface area contributed by atoms with Crippen molar-refractivity contribution < 1.29 is 13.5 Å². The van der Waals surface area contributed by atoms with E-state index in [0.29, 0.717) is 46.9 Å². The highest BCUT2D eigenvalue weighted by molar-refractivity contribution is 6.33. The molecule has 9 heteroatoms. The summed E-state index contributed by atoms with van der Waals surface area (Å²) in [6.45, 7) is 2.37. The SMILES string of the molecule is Cc1ncnc(N(CCc2ccc(OCC(F)F)cc2)Cc2ccc(Cl)nc2)c1Cl. The summed E-state index contributed by atoms with van der Waals surface area (Å²) in [5.41, 5.74) is 2.68. The smallest absolute Gasteiger partial charge is 0.272 e. The number of aryl methyl sites for hydroxylation is 1. The Bertz CT molecular complexity index is 956. The van der Waals surface area contributed by atoms with Crippen molar-refractivity contribution in [3.63, 3.8) is 0 Å². The molecule has 0 aliphatic heterocycles. The highest BCUT2D eigenvalue weighted by atomic mass is 35.5. The van der Waals surface area contributed by atoms with Crippen LogP contribution in [-0.4, -0.2) is 34.5 Å². The second-order valence-corrected chi connectivity index (χ2v) is 7.37. The Morgan fingerprint density at radius 3 is 2.40 bits per heavy atom. The van der Waals surface area contributed by atoms with Crippen LogP contribution in [0.2, 0.25) is 10.2 Å². The molecule has 0 amide bonds. The molecule has 0 aliphatic rings. The maximum absolute atomic E-state index is 12.3. The third-order valence-corrected chi connectivity index (χ3v) is 5.04. The number of aromatic nitrogens is 3. The third-order valence-electron chi connectivity index (χ3n) is 4.38. The minimum absolute atomic E-state index is 0.414. The summed E-state index contributed by atoms with van der Waals surface area (Å²) in [4.78, 5) is 14.7. The van der Waals surface area contributed by atoms with Gasteiger partial charge in [0.2, 0.25) is 0 Å². The first-order valence-electron chi connectivity index (χ1n) is 9.24. The molecule has 0 N–H and O–H groups in total. The van der Waals surface area contributed by atoms with Crippen molar-refractivity contribution in [2.24, 2.45) is 0 Å². The average Bonchev–Trinajstić information content (AvgIpc) is 2.74. The second-order valence-electron chi connectivity index (χ2n) is 6.60. The van der Waals surface area contributed by atoms with Gasteiger partial charge in [0, 0.05) is 19.3 Å². The molecule has 3 rings (SSSR count). The van der Waals surface area contributed by atoms with Crippen LogP contribution in [-0.2, 0) is 13.0 Å². The lowest BCUT2D eigenvalue weighted by Gasteiger charge is -2.25. The summed E-state index contributed by atoms with van der Waals surface area (Å²) in [5.74, 6) is 1.05. The van der Waals surface area contributed by atoms with E-state index in [-0.39, 0.29) is 0 Å². The largest absolute Gasteiger partial charge is 0.488 e. The minimum atomic E-state index is -2.50. The highest BCUT2D eigenvalue weighted by Gasteiger charge is 2.15. The van der Waals surface area contributed by atoms with Gasteiger partial charge >= 0.3 is 0 Å². The molecule has 158 valence electrons. The Kier molecular flexibility index (Phi) is 7.76. The fourth-order valence-corrected chi connectivity index (χ4v) is 3.15. The normalized spacial score (nSPS) is 11.0. The number of benzene rings is 1. The van der Waals surface area contributed by atoms with Crippen LogP contribution in [0, 0.1) is 6.92 Å². The first kappa shape index (κ1) is 22.2. The molecule has 0 unspecified atom stereocenters. The van der Waals surface area contributed by atoms with E-state index in [0.717, 1.165) is 11.1 Å². The summed E-state index contributed by atoms with van der Waals surface area (Å²) >= 11 is 12.3. The van der Waals surface area contributed by atoms with Crippen LogP contribution in [0.1, 0.15) is 16.8 Å². The lowest BCUT2D eigenvalue weighted by atomic mass is 10.1. The first-order valence-corrected chi connectivity index (χ1v) is 10.0. The van der Waals surface area contributed by atoms with Crippen LogP contribution in [0.3, 0.4) is 0 Å². The van der Waals surface area contributed by atoms with E-state index in [2.05, 4.69) is 15.0 Å². The maximum atomic E-state index is 12.3. The molecule has 3 aromatic rings. The van der Waals surface area contributed by atoms with E-state index in [1.807, 2.05) is 30.0 Å². The molecule has 5 nitrogen and oxygen atoms in total. The number of anilines is 1. The Morgan fingerprint density at radius 1 is 1.00 bits per heavy atom. The van der Waals surface area contributed by atoms with Gasteiger partial charge in [-0.25, -0.2) is 23.7 Å². The number of rotatable bonds is 9. The lowest BCUT2D eigenvalue weighted by molar-refractivity contribution is 0.0819. The quantitative estimate of drug-likeness (QED) is 0.408. The van der Waals surface area contributed by atoms with Crippen molar-refractivity contribution in [2.45, 2.75) is 26.3 Å². The Morgan fingerprint density at radius 2 is 1.73 bits per heavy atom. The molecule has 0 spiro atoms. The fraction of sp³-hybridized carbons (Fsp3) is 0.286. The molecule has 2 heterocycles. The molecule has 0 radical (unpaired) electrons. The standard InChI is InChI=1S/C21H20Cl2F2N4O/c1-14-20(23)21(28-13-27-14)29(11-16-4-7-18(22)26-10-16)9-8-15-2-5-17(6-3-15)30-12-19(24)25/h2-7,10,13,19H,8-9,11-12H2,1H3. The summed E-state index contributed by atoms with van der Waals surface area (Å²) in [6.07, 6.45) is 1.39. The van der Waals surface area contributed by atoms with Crippen LogP contribution in [0.15, 0.2) is 48.9 Å². The third kappa shape index (κ3) is 6.24. The fourth-order valence-electron chi connectivity index (χ4n) is 2.82. The number of nitrogens with zero attached hydrogens (tertiary/aromatic N) is 4. The molecular formula is C21H20Cl2F2N4O. The van der Waals surface area contributed by atoms with Gasteiger partial charge in [-0.05, 0) is 42.7 Å². The van der Waals surface area contributed by atoms with Gasteiger partial charge in [-0.15, -0.1) is 0 Å². The molecule has 2 aromatic heterocycles. The maximum Gasteiger partial charge on any atom is 0.272 e. The van der Waals surface area contributed by atoms with Crippen molar-refractivity contribution in [2.75, 3.05) is 18.1 Å². The van der Waals surface area contributed by atoms with Gasteiger partial charge in [0.25, 0.3) is 6.43 Å². The molecule has 0 fully saturated rings. The van der Waals surface area contributed by atoms with Crippen molar-refractivity contribution in [3.8, 4) is 5.75 Å². The summed E-state index contributed by atoms with van der Waals surface area (Å²) in [6, 6.07) is 10.7. The van der Waals surface area contributed by atoms with Crippen molar-refractivity contribution >= 4 is 29.0 Å². The van der Waals surface area contributed by atoms with E-state index in [1.54, 1.807) is 24.4 Å². The van der Waals surface area contributed by atoms with E-state index < -0.39 is 13.0 Å². The van der Waals surface area contributed by atoms with E-state index in [9.17, 15) is 8.78 Å². The number of ether oxygens (including phenoxy) is 1. The molecule has 0 saturated heterocycles. The molecule has 0 saturated carbocycles. The summed E-state index contributed by atoms with van der Waals surface area (Å²) in [7, 11) is 0. The number of halogens is 4. The monoisotopic (exact) mass is 452 g/mol. The summed E-state index contributed by atoms with van der Waals surface area (Å²) in [5, 5.41) is 0.922. The van der Waals surface area contributed by atoms with Gasteiger partial charge in [0.15, 0.2) is 5.82 Å². The van der Waals surface area contributed by atoms with Gasteiger partial charge in [-0.3, -0.25) is 0 Å². The lowest BCUT2D eigenvalue weighted by Crippen LogP contribution is -2.27. The van der Waals surface area contributed by atoms with Crippen LogP contribution in [0.5, 0.6) is 5.75 Å². The Hall–Kier alpha value is -2.51. The molecule has 1 aromatic carbocycles. The molecule has 0 atom stereocenters. The zero-order chi connectivity index (χ0) is 21.5. The van der Waals surface area contributed by atoms with Gasteiger partial charge in [-0.1, -0.05) is 41.4 Å². The number of hydrogen-bond donors (Lipinski definition) is 0. The van der Waals surface area contributed by atoms with Crippen LogP contribution in [0.4, 0.5) is 14.6 Å². The van der Waals surface area contributed by atoms with Gasteiger partial charge in [-0.2, -0.15) is 0 Å². The van der Waals surface area contributed by atoms with Gasteiger partial charge in [0.05, 0.1) is 5.69 Å². The van der Waals surface area contributed by atoms with E-state index in [4.69, 9.17) is 27.9 Å². The number of pyridine rings is 1. The molecular weight excluding hydrogens is 433 g/mol. The van der Waals surface area contributed by atoms with Crippen molar-refractivity contribution in [3.05, 3.63) is 75.9 Å².